The van der Waals surface area contributed by atoms with Crippen molar-refractivity contribution in [1.29, 1.82) is 0 Å². The highest BCUT2D eigenvalue weighted by atomic mass is 14.9. The quantitative estimate of drug-likeness (QED) is 0.907. The normalized spacial score (nSPS) is 10.8. The fraction of sp³-hybridized carbons (Fsp3) is 0.438. The van der Waals surface area contributed by atoms with Gasteiger partial charge in [-0.1, -0.05) is 13.8 Å². The second-order valence-corrected chi connectivity index (χ2v) is 4.86. The van der Waals surface area contributed by atoms with Gasteiger partial charge in [0.25, 0.3) is 0 Å². The lowest BCUT2D eigenvalue weighted by Crippen LogP contribution is -2.15. The Morgan fingerprint density at radius 2 is 1.80 bits per heavy atom. The standard InChI is InChI=1S/C16H22N4/c1-5-13-9-18-8-7-14(13)16-19-11(3)15(10-17-6-2)12(4)20-16/h7-9,17H,5-6,10H2,1-4H3. The number of aromatic nitrogens is 3. The van der Waals surface area contributed by atoms with Gasteiger partial charge in [0, 0.05) is 41.5 Å². The van der Waals surface area contributed by atoms with E-state index in [0.29, 0.717) is 0 Å². The van der Waals surface area contributed by atoms with E-state index >= 15 is 0 Å². The van der Waals surface area contributed by atoms with Gasteiger partial charge in [-0.2, -0.15) is 0 Å². The van der Waals surface area contributed by atoms with Gasteiger partial charge in [0.1, 0.15) is 0 Å². The van der Waals surface area contributed by atoms with Crippen LogP contribution in [-0.4, -0.2) is 21.5 Å². The van der Waals surface area contributed by atoms with E-state index in [9.17, 15) is 0 Å². The van der Waals surface area contributed by atoms with Gasteiger partial charge >= 0.3 is 0 Å². The van der Waals surface area contributed by atoms with Crippen LogP contribution in [0.15, 0.2) is 18.5 Å². The maximum Gasteiger partial charge on any atom is 0.160 e. The summed E-state index contributed by atoms with van der Waals surface area (Å²) in [5.41, 5.74) is 5.57. The summed E-state index contributed by atoms with van der Waals surface area (Å²) >= 11 is 0. The van der Waals surface area contributed by atoms with Gasteiger partial charge in [-0.15, -0.1) is 0 Å². The van der Waals surface area contributed by atoms with E-state index in [2.05, 4.69) is 48.0 Å². The van der Waals surface area contributed by atoms with Crippen LogP contribution in [0.2, 0.25) is 0 Å². The summed E-state index contributed by atoms with van der Waals surface area (Å²) in [5.74, 6) is 0.805. The van der Waals surface area contributed by atoms with Crippen LogP contribution in [-0.2, 0) is 13.0 Å². The molecule has 0 amide bonds. The Kier molecular flexibility index (Phi) is 4.79. The van der Waals surface area contributed by atoms with Crippen molar-refractivity contribution in [3.05, 3.63) is 41.0 Å². The summed E-state index contributed by atoms with van der Waals surface area (Å²) in [5, 5.41) is 3.34. The molecule has 0 aliphatic carbocycles. The molecule has 2 aromatic heterocycles. The third-order valence-electron chi connectivity index (χ3n) is 3.50. The number of nitrogens with zero attached hydrogens (tertiary/aromatic N) is 3. The number of pyridine rings is 1. The molecule has 106 valence electrons. The average molecular weight is 270 g/mol. The Bertz CT molecular complexity index is 570. The van der Waals surface area contributed by atoms with E-state index in [1.54, 1.807) is 6.20 Å². The maximum absolute atomic E-state index is 4.69. The number of nitrogens with one attached hydrogen (secondary N) is 1. The highest BCUT2D eigenvalue weighted by Gasteiger charge is 2.11. The average Bonchev–Trinajstić information content (AvgIpc) is 2.46. The lowest BCUT2D eigenvalue weighted by molar-refractivity contribution is 0.711. The molecule has 0 spiro atoms. The zero-order valence-electron chi connectivity index (χ0n) is 12.7. The van der Waals surface area contributed by atoms with E-state index in [1.807, 2.05) is 12.3 Å². The molecule has 4 nitrogen and oxygen atoms in total. The number of rotatable bonds is 5. The first-order valence-corrected chi connectivity index (χ1v) is 7.15. The fourth-order valence-electron chi connectivity index (χ4n) is 2.29. The van der Waals surface area contributed by atoms with Crippen molar-refractivity contribution < 1.29 is 0 Å². The first-order valence-electron chi connectivity index (χ1n) is 7.15. The molecule has 0 bridgehead atoms. The summed E-state index contributed by atoms with van der Waals surface area (Å²) in [6, 6.07) is 2.00. The molecule has 2 aromatic rings. The minimum Gasteiger partial charge on any atom is -0.313 e. The monoisotopic (exact) mass is 270 g/mol. The van der Waals surface area contributed by atoms with Gasteiger partial charge in [0.2, 0.25) is 0 Å². The Morgan fingerprint density at radius 1 is 1.10 bits per heavy atom. The highest BCUT2D eigenvalue weighted by Crippen LogP contribution is 2.22. The number of aryl methyl sites for hydroxylation is 3. The number of hydrogen-bond acceptors (Lipinski definition) is 4. The summed E-state index contributed by atoms with van der Waals surface area (Å²) in [7, 11) is 0. The van der Waals surface area contributed by atoms with Gasteiger partial charge in [-0.25, -0.2) is 9.97 Å². The van der Waals surface area contributed by atoms with Gasteiger partial charge < -0.3 is 5.32 Å². The smallest absolute Gasteiger partial charge is 0.160 e. The Labute approximate surface area is 120 Å². The van der Waals surface area contributed by atoms with E-state index in [0.717, 1.165) is 42.3 Å². The van der Waals surface area contributed by atoms with Crippen molar-refractivity contribution >= 4 is 0 Å². The molecule has 2 heterocycles. The van der Waals surface area contributed by atoms with Gasteiger partial charge in [-0.05, 0) is 38.4 Å². The van der Waals surface area contributed by atoms with E-state index in [1.165, 1.54) is 11.1 Å². The van der Waals surface area contributed by atoms with E-state index < -0.39 is 0 Å². The Hall–Kier alpha value is -1.81. The Balaban J connectivity index is 2.44. The van der Waals surface area contributed by atoms with Crippen molar-refractivity contribution in [2.45, 2.75) is 40.7 Å². The minimum atomic E-state index is 0.805. The highest BCUT2D eigenvalue weighted by molar-refractivity contribution is 5.59. The molecule has 0 radical (unpaired) electrons. The molecule has 0 saturated heterocycles. The summed E-state index contributed by atoms with van der Waals surface area (Å²) in [6.45, 7) is 10.1. The zero-order valence-corrected chi connectivity index (χ0v) is 12.7. The van der Waals surface area contributed by atoms with Crippen molar-refractivity contribution in [2.24, 2.45) is 0 Å². The molecule has 1 N–H and O–H groups in total. The molecule has 0 unspecified atom stereocenters. The molecular formula is C16H22N4. The Morgan fingerprint density at radius 3 is 2.40 bits per heavy atom. The van der Waals surface area contributed by atoms with Crippen LogP contribution in [0.5, 0.6) is 0 Å². The second-order valence-electron chi connectivity index (χ2n) is 4.86. The molecule has 0 aliphatic heterocycles. The first-order chi connectivity index (χ1) is 9.67. The lowest BCUT2D eigenvalue weighted by Gasteiger charge is -2.12. The molecule has 0 saturated carbocycles. The molecule has 20 heavy (non-hydrogen) atoms. The zero-order chi connectivity index (χ0) is 14.5. The molecule has 0 atom stereocenters. The first kappa shape index (κ1) is 14.6. The van der Waals surface area contributed by atoms with Crippen LogP contribution in [0.1, 0.15) is 36.4 Å². The van der Waals surface area contributed by atoms with E-state index in [4.69, 9.17) is 0 Å². The van der Waals surface area contributed by atoms with Crippen molar-refractivity contribution in [1.82, 2.24) is 20.3 Å². The molecule has 2 rings (SSSR count). The molecule has 4 heteroatoms. The predicted octanol–water partition coefficient (Wildman–Crippen LogP) is 2.83. The summed E-state index contributed by atoms with van der Waals surface area (Å²) in [4.78, 5) is 13.6. The topological polar surface area (TPSA) is 50.7 Å². The van der Waals surface area contributed by atoms with Crippen LogP contribution >= 0.6 is 0 Å². The molecule has 0 aromatic carbocycles. The molecule has 0 fully saturated rings. The fourth-order valence-corrected chi connectivity index (χ4v) is 2.29. The minimum absolute atomic E-state index is 0.805. The van der Waals surface area contributed by atoms with Crippen molar-refractivity contribution in [3.63, 3.8) is 0 Å². The second kappa shape index (κ2) is 6.57. The van der Waals surface area contributed by atoms with Gasteiger partial charge in [0.05, 0.1) is 0 Å². The van der Waals surface area contributed by atoms with Crippen LogP contribution in [0, 0.1) is 13.8 Å². The maximum atomic E-state index is 4.69. The van der Waals surface area contributed by atoms with Gasteiger partial charge in [0.15, 0.2) is 5.82 Å². The third kappa shape index (κ3) is 3.02. The third-order valence-corrected chi connectivity index (χ3v) is 3.50. The number of hydrogen-bond donors (Lipinski definition) is 1. The van der Waals surface area contributed by atoms with Crippen LogP contribution in [0.25, 0.3) is 11.4 Å². The molecule has 0 aliphatic rings. The summed E-state index contributed by atoms with van der Waals surface area (Å²) < 4.78 is 0. The van der Waals surface area contributed by atoms with Crippen molar-refractivity contribution in [2.75, 3.05) is 6.54 Å². The predicted molar refractivity (Wildman–Crippen MR) is 81.5 cm³/mol. The van der Waals surface area contributed by atoms with Crippen LogP contribution in [0.3, 0.4) is 0 Å². The van der Waals surface area contributed by atoms with Crippen LogP contribution < -0.4 is 5.32 Å². The van der Waals surface area contributed by atoms with Crippen LogP contribution in [0.4, 0.5) is 0 Å². The SMILES string of the molecule is CCNCc1c(C)nc(-c2ccncc2CC)nc1C. The van der Waals surface area contributed by atoms with Gasteiger partial charge in [-0.3, -0.25) is 4.98 Å². The lowest BCUT2D eigenvalue weighted by atomic mass is 10.1. The molecular weight excluding hydrogens is 248 g/mol. The largest absolute Gasteiger partial charge is 0.313 e. The van der Waals surface area contributed by atoms with E-state index in [-0.39, 0.29) is 0 Å². The summed E-state index contributed by atoms with van der Waals surface area (Å²) in [6.07, 6.45) is 4.63. The van der Waals surface area contributed by atoms with Crippen molar-refractivity contribution in [3.8, 4) is 11.4 Å².